The molecule has 0 spiro atoms. The number of carbonyl (C=O) groups excluding carboxylic acids is 1. The highest BCUT2D eigenvalue weighted by Gasteiger charge is 2.28. The van der Waals surface area contributed by atoms with E-state index < -0.39 is 5.60 Å². The largest absolute Gasteiger partial charge is 0.390 e. The van der Waals surface area contributed by atoms with E-state index >= 15 is 0 Å². The highest BCUT2D eigenvalue weighted by molar-refractivity contribution is 5.79. The average molecular weight is 208 g/mol. The fraction of sp³-hybridized carbons (Fsp3) is 0.769. The molecule has 0 aromatic heterocycles. The molecule has 1 fully saturated rings. The summed E-state index contributed by atoms with van der Waals surface area (Å²) in [7, 11) is 0. The van der Waals surface area contributed by atoms with Crippen LogP contribution in [0.4, 0.5) is 0 Å². The molecular formula is C13H20O2. The number of rotatable bonds is 1. The topological polar surface area (TPSA) is 37.3 Å². The van der Waals surface area contributed by atoms with Crippen LogP contribution in [0.3, 0.4) is 0 Å². The van der Waals surface area contributed by atoms with Crippen LogP contribution >= 0.6 is 0 Å². The van der Waals surface area contributed by atoms with E-state index in [1.807, 2.05) is 6.92 Å². The van der Waals surface area contributed by atoms with Gasteiger partial charge in [-0.05, 0) is 44.9 Å². The third-order valence-corrected chi connectivity index (χ3v) is 3.82. The summed E-state index contributed by atoms with van der Waals surface area (Å²) in [6, 6.07) is 0. The summed E-state index contributed by atoms with van der Waals surface area (Å²) in [6.07, 6.45) is 8.49. The molecule has 2 aliphatic carbocycles. The minimum atomic E-state index is -0.492. The molecule has 2 heteroatoms. The van der Waals surface area contributed by atoms with E-state index in [1.54, 1.807) is 0 Å². The van der Waals surface area contributed by atoms with Crippen LogP contribution in [-0.2, 0) is 4.79 Å². The van der Waals surface area contributed by atoms with Gasteiger partial charge in [0, 0.05) is 12.8 Å². The Morgan fingerprint density at radius 3 is 2.53 bits per heavy atom. The second-order valence-electron chi connectivity index (χ2n) is 5.29. The zero-order valence-corrected chi connectivity index (χ0v) is 9.46. The Bertz CT molecular complexity index is 279. The second kappa shape index (κ2) is 4.09. The van der Waals surface area contributed by atoms with Crippen LogP contribution in [0.5, 0.6) is 0 Å². The molecule has 0 aliphatic heterocycles. The van der Waals surface area contributed by atoms with E-state index in [4.69, 9.17) is 0 Å². The molecule has 2 rings (SSSR count). The quantitative estimate of drug-likeness (QED) is 0.672. The maximum atomic E-state index is 11.1. The van der Waals surface area contributed by atoms with Crippen LogP contribution in [0, 0.1) is 5.92 Å². The minimum Gasteiger partial charge on any atom is -0.390 e. The van der Waals surface area contributed by atoms with Crippen LogP contribution < -0.4 is 0 Å². The normalized spacial score (nSPS) is 34.0. The van der Waals surface area contributed by atoms with Gasteiger partial charge >= 0.3 is 0 Å². The molecule has 1 saturated carbocycles. The van der Waals surface area contributed by atoms with Crippen LogP contribution in [0.1, 0.15) is 51.9 Å². The first-order chi connectivity index (χ1) is 7.07. The maximum absolute atomic E-state index is 11.1. The summed E-state index contributed by atoms with van der Waals surface area (Å²) in [5.74, 6) is 1.05. The monoisotopic (exact) mass is 208 g/mol. The van der Waals surface area contributed by atoms with Gasteiger partial charge in [-0.1, -0.05) is 11.6 Å². The fourth-order valence-corrected chi connectivity index (χ4v) is 2.65. The van der Waals surface area contributed by atoms with Gasteiger partial charge in [-0.3, -0.25) is 4.79 Å². The van der Waals surface area contributed by atoms with Gasteiger partial charge in [-0.25, -0.2) is 0 Å². The Kier molecular flexibility index (Phi) is 2.96. The van der Waals surface area contributed by atoms with E-state index in [-0.39, 0.29) is 0 Å². The maximum Gasteiger partial charge on any atom is 0.132 e. The molecule has 0 aromatic rings. The first-order valence-corrected chi connectivity index (χ1v) is 6.00. The average Bonchev–Trinajstić information content (AvgIpc) is 2.20. The summed E-state index contributed by atoms with van der Waals surface area (Å²) in [6.45, 7) is 1.91. The van der Waals surface area contributed by atoms with E-state index in [0.717, 1.165) is 44.9 Å². The Morgan fingerprint density at radius 1 is 1.33 bits per heavy atom. The van der Waals surface area contributed by atoms with Crippen molar-refractivity contribution in [1.82, 2.24) is 0 Å². The number of hydrogen-bond donors (Lipinski definition) is 1. The molecule has 0 bridgehead atoms. The van der Waals surface area contributed by atoms with E-state index in [1.165, 1.54) is 5.57 Å². The molecule has 0 amide bonds. The summed E-state index contributed by atoms with van der Waals surface area (Å²) >= 11 is 0. The van der Waals surface area contributed by atoms with E-state index in [2.05, 4.69) is 6.08 Å². The molecule has 2 nitrogen and oxygen atoms in total. The van der Waals surface area contributed by atoms with Crippen LogP contribution in [0.2, 0.25) is 0 Å². The minimum absolute atomic E-state index is 0.426. The smallest absolute Gasteiger partial charge is 0.132 e. The van der Waals surface area contributed by atoms with Crippen molar-refractivity contribution in [3.8, 4) is 0 Å². The Morgan fingerprint density at radius 2 is 2.00 bits per heavy atom. The van der Waals surface area contributed by atoms with Gasteiger partial charge in [0.25, 0.3) is 0 Å². The molecule has 0 radical (unpaired) electrons. The lowest BCUT2D eigenvalue weighted by molar-refractivity contribution is -0.120. The van der Waals surface area contributed by atoms with E-state index in [0.29, 0.717) is 11.7 Å². The summed E-state index contributed by atoms with van der Waals surface area (Å²) in [5, 5.41) is 9.83. The van der Waals surface area contributed by atoms with Gasteiger partial charge in [0.1, 0.15) is 5.78 Å². The first-order valence-electron chi connectivity index (χ1n) is 6.00. The predicted molar refractivity (Wildman–Crippen MR) is 59.5 cm³/mol. The zero-order valence-electron chi connectivity index (χ0n) is 9.46. The van der Waals surface area contributed by atoms with Crippen LogP contribution in [-0.4, -0.2) is 16.5 Å². The molecule has 1 N–H and O–H groups in total. The van der Waals surface area contributed by atoms with Crippen LogP contribution in [0.15, 0.2) is 11.6 Å². The third-order valence-electron chi connectivity index (χ3n) is 3.82. The summed E-state index contributed by atoms with van der Waals surface area (Å²) < 4.78 is 0. The number of carbonyl (C=O) groups is 1. The number of aliphatic hydroxyl groups is 1. The Balaban J connectivity index is 1.95. The molecular weight excluding hydrogens is 188 g/mol. The SMILES string of the molecule is CC1(O)CC=C(C2CCC(=O)CC2)CC1. The third kappa shape index (κ3) is 2.69. The second-order valence-corrected chi connectivity index (χ2v) is 5.29. The first kappa shape index (κ1) is 10.9. The van der Waals surface area contributed by atoms with Gasteiger partial charge in [0.05, 0.1) is 5.60 Å². The van der Waals surface area contributed by atoms with Crippen LogP contribution in [0.25, 0.3) is 0 Å². The Labute approximate surface area is 91.4 Å². The van der Waals surface area contributed by atoms with Crippen molar-refractivity contribution in [2.45, 2.75) is 57.5 Å². The lowest BCUT2D eigenvalue weighted by Crippen LogP contribution is -2.28. The van der Waals surface area contributed by atoms with Crippen molar-refractivity contribution in [3.05, 3.63) is 11.6 Å². The van der Waals surface area contributed by atoms with Crippen molar-refractivity contribution in [3.63, 3.8) is 0 Å². The van der Waals surface area contributed by atoms with Crippen molar-refractivity contribution >= 4 is 5.78 Å². The van der Waals surface area contributed by atoms with Gasteiger partial charge < -0.3 is 5.11 Å². The van der Waals surface area contributed by atoms with Gasteiger partial charge in [-0.15, -0.1) is 0 Å². The molecule has 0 saturated heterocycles. The molecule has 15 heavy (non-hydrogen) atoms. The number of allylic oxidation sites excluding steroid dienone is 1. The zero-order chi connectivity index (χ0) is 10.9. The van der Waals surface area contributed by atoms with Gasteiger partial charge in [0.2, 0.25) is 0 Å². The summed E-state index contributed by atoms with van der Waals surface area (Å²) in [4.78, 5) is 11.1. The molecule has 2 aliphatic rings. The molecule has 84 valence electrons. The van der Waals surface area contributed by atoms with E-state index in [9.17, 15) is 9.90 Å². The number of Topliss-reactive ketones (excluding diaryl/α,β-unsaturated/α-hetero) is 1. The van der Waals surface area contributed by atoms with Gasteiger partial charge in [0.15, 0.2) is 0 Å². The van der Waals surface area contributed by atoms with Crippen molar-refractivity contribution in [1.29, 1.82) is 0 Å². The Hall–Kier alpha value is -0.630. The molecule has 0 heterocycles. The van der Waals surface area contributed by atoms with Crippen molar-refractivity contribution in [2.24, 2.45) is 5.92 Å². The molecule has 0 aromatic carbocycles. The highest BCUT2D eigenvalue weighted by Crippen LogP contribution is 2.36. The summed E-state index contributed by atoms with van der Waals surface area (Å²) in [5.41, 5.74) is 1.00. The molecule has 1 unspecified atom stereocenters. The molecule has 1 atom stereocenters. The number of hydrogen-bond acceptors (Lipinski definition) is 2. The van der Waals surface area contributed by atoms with Crippen molar-refractivity contribution in [2.75, 3.05) is 0 Å². The standard InChI is InChI=1S/C13H20O2/c1-13(15)8-6-11(7-9-13)10-2-4-12(14)5-3-10/h6,10,15H,2-5,7-9H2,1H3. The highest BCUT2D eigenvalue weighted by atomic mass is 16.3. The predicted octanol–water partition coefficient (Wildman–Crippen LogP) is 2.61. The van der Waals surface area contributed by atoms with Gasteiger partial charge in [-0.2, -0.15) is 0 Å². The lowest BCUT2D eigenvalue weighted by Gasteiger charge is -2.32. The fourth-order valence-electron chi connectivity index (χ4n) is 2.65. The van der Waals surface area contributed by atoms with Crippen molar-refractivity contribution < 1.29 is 9.90 Å². The lowest BCUT2D eigenvalue weighted by atomic mass is 9.76. The number of ketones is 1.